The SMILES string of the molecule is CCN(CC)CCN[C@H](C)c1ccccc1OC. The lowest BCUT2D eigenvalue weighted by molar-refractivity contribution is 0.297. The summed E-state index contributed by atoms with van der Waals surface area (Å²) >= 11 is 0. The Morgan fingerprint density at radius 2 is 1.89 bits per heavy atom. The lowest BCUT2D eigenvalue weighted by Crippen LogP contribution is -2.33. The highest BCUT2D eigenvalue weighted by molar-refractivity contribution is 5.35. The molecule has 0 amide bonds. The fraction of sp³-hybridized carbons (Fsp3) is 0.600. The minimum atomic E-state index is 0.316. The molecule has 0 bridgehead atoms. The van der Waals surface area contributed by atoms with Crippen molar-refractivity contribution < 1.29 is 4.74 Å². The van der Waals surface area contributed by atoms with Gasteiger partial charge in [-0.1, -0.05) is 32.0 Å². The van der Waals surface area contributed by atoms with Crippen LogP contribution in [-0.4, -0.2) is 38.2 Å². The highest BCUT2D eigenvalue weighted by atomic mass is 16.5. The second-order valence-electron chi connectivity index (χ2n) is 4.44. The summed E-state index contributed by atoms with van der Waals surface area (Å²) < 4.78 is 5.39. The van der Waals surface area contributed by atoms with E-state index in [0.717, 1.165) is 31.9 Å². The van der Waals surface area contributed by atoms with Gasteiger partial charge in [-0.15, -0.1) is 0 Å². The van der Waals surface area contributed by atoms with E-state index in [0.29, 0.717) is 6.04 Å². The number of methoxy groups -OCH3 is 1. The molecule has 18 heavy (non-hydrogen) atoms. The van der Waals surface area contributed by atoms with Crippen molar-refractivity contribution in [3.8, 4) is 5.75 Å². The zero-order chi connectivity index (χ0) is 13.4. The predicted octanol–water partition coefficient (Wildman–Crippen LogP) is 2.69. The molecule has 102 valence electrons. The third-order valence-electron chi connectivity index (χ3n) is 3.38. The van der Waals surface area contributed by atoms with Crippen molar-refractivity contribution in [3.63, 3.8) is 0 Å². The summed E-state index contributed by atoms with van der Waals surface area (Å²) in [4.78, 5) is 2.42. The summed E-state index contributed by atoms with van der Waals surface area (Å²) in [7, 11) is 1.72. The van der Waals surface area contributed by atoms with Crippen LogP contribution in [0.2, 0.25) is 0 Å². The van der Waals surface area contributed by atoms with Gasteiger partial charge in [-0.3, -0.25) is 0 Å². The molecule has 0 radical (unpaired) electrons. The van der Waals surface area contributed by atoms with Crippen LogP contribution >= 0.6 is 0 Å². The Hall–Kier alpha value is -1.06. The van der Waals surface area contributed by atoms with E-state index in [2.05, 4.69) is 43.1 Å². The van der Waals surface area contributed by atoms with E-state index in [1.807, 2.05) is 12.1 Å². The van der Waals surface area contributed by atoms with Crippen LogP contribution in [0.3, 0.4) is 0 Å². The van der Waals surface area contributed by atoms with Gasteiger partial charge in [0.2, 0.25) is 0 Å². The summed E-state index contributed by atoms with van der Waals surface area (Å²) in [6.07, 6.45) is 0. The van der Waals surface area contributed by atoms with Crippen LogP contribution in [-0.2, 0) is 0 Å². The molecule has 1 aromatic rings. The molecule has 1 aromatic carbocycles. The molecule has 0 aromatic heterocycles. The zero-order valence-electron chi connectivity index (χ0n) is 12.1. The number of likely N-dealkylation sites (N-methyl/N-ethyl adjacent to an activating group) is 1. The van der Waals surface area contributed by atoms with E-state index in [4.69, 9.17) is 4.74 Å². The fourth-order valence-corrected chi connectivity index (χ4v) is 2.11. The van der Waals surface area contributed by atoms with Crippen molar-refractivity contribution in [2.75, 3.05) is 33.3 Å². The van der Waals surface area contributed by atoms with Crippen molar-refractivity contribution in [1.29, 1.82) is 0 Å². The number of nitrogens with zero attached hydrogens (tertiary/aromatic N) is 1. The molecule has 0 saturated carbocycles. The van der Waals surface area contributed by atoms with Crippen LogP contribution < -0.4 is 10.1 Å². The van der Waals surface area contributed by atoms with Crippen LogP contribution in [0.15, 0.2) is 24.3 Å². The molecule has 0 aliphatic rings. The van der Waals surface area contributed by atoms with Crippen LogP contribution in [0.5, 0.6) is 5.75 Å². The van der Waals surface area contributed by atoms with E-state index < -0.39 is 0 Å². The Bertz CT molecular complexity index is 337. The molecular weight excluding hydrogens is 224 g/mol. The van der Waals surface area contributed by atoms with E-state index in [9.17, 15) is 0 Å². The summed E-state index contributed by atoms with van der Waals surface area (Å²) in [5.74, 6) is 0.959. The van der Waals surface area contributed by atoms with Crippen LogP contribution in [0.25, 0.3) is 0 Å². The van der Waals surface area contributed by atoms with Crippen molar-refractivity contribution in [1.82, 2.24) is 10.2 Å². The van der Waals surface area contributed by atoms with Gasteiger partial charge in [0, 0.05) is 24.7 Å². The highest BCUT2D eigenvalue weighted by Crippen LogP contribution is 2.23. The smallest absolute Gasteiger partial charge is 0.123 e. The first-order valence-corrected chi connectivity index (χ1v) is 6.81. The van der Waals surface area contributed by atoms with E-state index in [1.165, 1.54) is 5.56 Å². The lowest BCUT2D eigenvalue weighted by Gasteiger charge is -2.21. The lowest BCUT2D eigenvalue weighted by atomic mass is 10.1. The van der Waals surface area contributed by atoms with E-state index in [-0.39, 0.29) is 0 Å². The molecule has 0 saturated heterocycles. The molecule has 1 N–H and O–H groups in total. The van der Waals surface area contributed by atoms with Gasteiger partial charge >= 0.3 is 0 Å². The van der Waals surface area contributed by atoms with Crippen molar-refractivity contribution in [3.05, 3.63) is 29.8 Å². The third kappa shape index (κ3) is 4.31. The van der Waals surface area contributed by atoms with Gasteiger partial charge in [0.1, 0.15) is 5.75 Å². The van der Waals surface area contributed by atoms with Gasteiger partial charge in [-0.05, 0) is 26.1 Å². The zero-order valence-corrected chi connectivity index (χ0v) is 12.1. The number of hydrogen-bond acceptors (Lipinski definition) is 3. The number of rotatable bonds is 8. The highest BCUT2D eigenvalue weighted by Gasteiger charge is 2.10. The molecule has 0 spiro atoms. The Morgan fingerprint density at radius 3 is 2.50 bits per heavy atom. The first-order valence-electron chi connectivity index (χ1n) is 6.81. The van der Waals surface area contributed by atoms with Gasteiger partial charge in [-0.2, -0.15) is 0 Å². The summed E-state index contributed by atoms with van der Waals surface area (Å²) in [5, 5.41) is 3.55. The molecule has 1 rings (SSSR count). The average Bonchev–Trinajstić information content (AvgIpc) is 2.43. The molecule has 3 heteroatoms. The summed E-state index contributed by atoms with van der Waals surface area (Å²) in [6, 6.07) is 8.51. The van der Waals surface area contributed by atoms with Crippen molar-refractivity contribution in [2.24, 2.45) is 0 Å². The predicted molar refractivity (Wildman–Crippen MR) is 77.2 cm³/mol. The Morgan fingerprint density at radius 1 is 1.22 bits per heavy atom. The maximum absolute atomic E-state index is 5.39. The maximum Gasteiger partial charge on any atom is 0.123 e. The molecular formula is C15H26N2O. The number of nitrogens with one attached hydrogen (secondary N) is 1. The second kappa shape index (κ2) is 8.11. The molecule has 0 aliphatic heterocycles. The van der Waals surface area contributed by atoms with Crippen LogP contribution in [0, 0.1) is 0 Å². The number of ether oxygens (including phenoxy) is 1. The maximum atomic E-state index is 5.39. The molecule has 1 atom stereocenters. The van der Waals surface area contributed by atoms with Gasteiger partial charge in [0.05, 0.1) is 7.11 Å². The average molecular weight is 250 g/mol. The van der Waals surface area contributed by atoms with Gasteiger partial charge in [0.15, 0.2) is 0 Å². The second-order valence-corrected chi connectivity index (χ2v) is 4.44. The quantitative estimate of drug-likeness (QED) is 0.767. The van der Waals surface area contributed by atoms with E-state index in [1.54, 1.807) is 7.11 Å². The minimum absolute atomic E-state index is 0.316. The minimum Gasteiger partial charge on any atom is -0.496 e. The topological polar surface area (TPSA) is 24.5 Å². The number of benzene rings is 1. The fourth-order valence-electron chi connectivity index (χ4n) is 2.11. The van der Waals surface area contributed by atoms with E-state index >= 15 is 0 Å². The molecule has 0 unspecified atom stereocenters. The van der Waals surface area contributed by atoms with Crippen molar-refractivity contribution in [2.45, 2.75) is 26.8 Å². The largest absolute Gasteiger partial charge is 0.496 e. The number of hydrogen-bond donors (Lipinski definition) is 1. The molecule has 0 aliphatic carbocycles. The Balaban J connectivity index is 2.47. The van der Waals surface area contributed by atoms with Crippen LogP contribution in [0.4, 0.5) is 0 Å². The third-order valence-corrected chi connectivity index (χ3v) is 3.38. The normalized spacial score (nSPS) is 12.7. The van der Waals surface area contributed by atoms with Gasteiger partial charge in [-0.25, -0.2) is 0 Å². The summed E-state index contributed by atoms with van der Waals surface area (Å²) in [6.45, 7) is 10.9. The summed E-state index contributed by atoms with van der Waals surface area (Å²) in [5.41, 5.74) is 1.22. The molecule has 0 heterocycles. The monoisotopic (exact) mass is 250 g/mol. The Kier molecular flexibility index (Phi) is 6.76. The molecule has 3 nitrogen and oxygen atoms in total. The van der Waals surface area contributed by atoms with Crippen molar-refractivity contribution >= 4 is 0 Å². The first-order chi connectivity index (χ1) is 8.72. The van der Waals surface area contributed by atoms with Crippen LogP contribution in [0.1, 0.15) is 32.4 Å². The standard InChI is InChI=1S/C15H26N2O/c1-5-17(6-2)12-11-16-13(3)14-9-7-8-10-15(14)18-4/h7-10,13,16H,5-6,11-12H2,1-4H3/t13-/m1/s1. The number of para-hydroxylation sites is 1. The Labute approximate surface area is 111 Å². The van der Waals surface area contributed by atoms with Gasteiger partial charge < -0.3 is 15.0 Å². The van der Waals surface area contributed by atoms with Gasteiger partial charge in [0.25, 0.3) is 0 Å². The first kappa shape index (κ1) is 15.0. The molecule has 0 fully saturated rings.